The summed E-state index contributed by atoms with van der Waals surface area (Å²) in [5.74, 6) is -1.39. The van der Waals surface area contributed by atoms with Gasteiger partial charge in [0.1, 0.15) is 11.6 Å². The molecule has 0 aliphatic heterocycles. The van der Waals surface area contributed by atoms with E-state index in [1.54, 1.807) is 42.5 Å². The highest BCUT2D eigenvalue weighted by atomic mass is 16.5. The van der Waals surface area contributed by atoms with E-state index >= 15 is 0 Å². The Kier molecular flexibility index (Phi) is 6.44. The summed E-state index contributed by atoms with van der Waals surface area (Å²) in [6, 6.07) is 14.8. The third kappa shape index (κ3) is 5.03. The molecule has 0 fully saturated rings. The number of anilines is 2. The van der Waals surface area contributed by atoms with Gasteiger partial charge >= 0.3 is 5.97 Å². The normalized spacial score (nSPS) is 10.5. The fraction of sp³-hybridized carbons (Fsp3) is 0.100. The molecule has 7 nitrogen and oxygen atoms in total. The summed E-state index contributed by atoms with van der Waals surface area (Å²) in [5, 5.41) is 14.6. The van der Waals surface area contributed by atoms with Crippen molar-refractivity contribution in [1.82, 2.24) is 0 Å². The molecule has 0 saturated carbocycles. The van der Waals surface area contributed by atoms with Crippen LogP contribution in [0, 0.1) is 11.3 Å². The maximum Gasteiger partial charge on any atom is 0.339 e. The molecule has 2 N–H and O–H groups in total. The van der Waals surface area contributed by atoms with Gasteiger partial charge in [0.25, 0.3) is 5.91 Å². The summed E-state index contributed by atoms with van der Waals surface area (Å²) in [7, 11) is 1.24. The highest BCUT2D eigenvalue weighted by molar-refractivity contribution is 6.09. The first kappa shape index (κ1) is 19.4. The predicted molar refractivity (Wildman–Crippen MR) is 100 cm³/mol. The molecular weight excluding hydrogens is 346 g/mol. The van der Waals surface area contributed by atoms with Crippen LogP contribution in [0.2, 0.25) is 0 Å². The molecule has 2 aromatic rings. The van der Waals surface area contributed by atoms with Gasteiger partial charge in [-0.1, -0.05) is 24.3 Å². The molecule has 0 aliphatic rings. The maximum absolute atomic E-state index is 12.4. The number of carbonyl (C=O) groups excluding carboxylic acids is 3. The molecule has 0 saturated heterocycles. The molecule has 0 atom stereocenters. The van der Waals surface area contributed by atoms with Gasteiger partial charge in [0.15, 0.2) is 5.78 Å². The number of benzene rings is 2. The van der Waals surface area contributed by atoms with Gasteiger partial charge in [0, 0.05) is 17.5 Å². The smallest absolute Gasteiger partial charge is 0.339 e. The third-order valence-corrected chi connectivity index (χ3v) is 3.60. The number of ketones is 1. The number of rotatable bonds is 6. The van der Waals surface area contributed by atoms with E-state index in [-0.39, 0.29) is 22.6 Å². The van der Waals surface area contributed by atoms with E-state index in [0.29, 0.717) is 11.3 Å². The number of ether oxygens (including phenoxy) is 1. The number of esters is 1. The zero-order valence-corrected chi connectivity index (χ0v) is 14.8. The van der Waals surface area contributed by atoms with Crippen molar-refractivity contribution in [3.63, 3.8) is 0 Å². The minimum absolute atomic E-state index is 0.0969. The second-order valence-corrected chi connectivity index (χ2v) is 5.44. The first-order valence-electron chi connectivity index (χ1n) is 7.92. The summed E-state index contributed by atoms with van der Waals surface area (Å²) in [5.41, 5.74) is 1.26. The lowest BCUT2D eigenvalue weighted by molar-refractivity contribution is -0.112. The summed E-state index contributed by atoms with van der Waals surface area (Å²) >= 11 is 0. The van der Waals surface area contributed by atoms with Gasteiger partial charge in [-0.15, -0.1) is 0 Å². The van der Waals surface area contributed by atoms with Crippen LogP contribution in [0.1, 0.15) is 27.6 Å². The minimum atomic E-state index is -0.691. The number of carbonyl (C=O) groups is 3. The second kappa shape index (κ2) is 8.97. The zero-order valence-electron chi connectivity index (χ0n) is 14.8. The van der Waals surface area contributed by atoms with Crippen LogP contribution >= 0.6 is 0 Å². The van der Waals surface area contributed by atoms with E-state index in [1.165, 1.54) is 32.4 Å². The monoisotopic (exact) mass is 363 g/mol. The summed E-state index contributed by atoms with van der Waals surface area (Å²) < 4.78 is 4.67. The Bertz CT molecular complexity index is 958. The first-order chi connectivity index (χ1) is 13.0. The Labute approximate surface area is 156 Å². The number of nitrogens with zero attached hydrogens (tertiary/aromatic N) is 1. The third-order valence-electron chi connectivity index (χ3n) is 3.60. The van der Waals surface area contributed by atoms with Gasteiger partial charge in [0.2, 0.25) is 0 Å². The molecule has 1 amide bonds. The average Bonchev–Trinajstić information content (AvgIpc) is 2.68. The molecule has 0 spiro atoms. The van der Waals surface area contributed by atoms with E-state index in [2.05, 4.69) is 15.4 Å². The van der Waals surface area contributed by atoms with Crippen molar-refractivity contribution in [2.24, 2.45) is 0 Å². The van der Waals surface area contributed by atoms with Crippen LogP contribution in [-0.2, 0) is 9.53 Å². The van der Waals surface area contributed by atoms with Crippen molar-refractivity contribution in [1.29, 1.82) is 5.26 Å². The maximum atomic E-state index is 12.4. The quantitative estimate of drug-likeness (QED) is 0.353. The number of Topliss-reactive ketones (excluding diaryl/α,β-unsaturated/α-hetero) is 1. The van der Waals surface area contributed by atoms with E-state index < -0.39 is 11.9 Å². The van der Waals surface area contributed by atoms with Crippen LogP contribution in [-0.4, -0.2) is 24.8 Å². The van der Waals surface area contributed by atoms with Crippen molar-refractivity contribution < 1.29 is 19.1 Å². The Balaban J connectivity index is 2.18. The Morgan fingerprint density at radius 1 is 1.11 bits per heavy atom. The van der Waals surface area contributed by atoms with Crippen molar-refractivity contribution in [3.05, 3.63) is 71.4 Å². The molecule has 7 heteroatoms. The average molecular weight is 363 g/mol. The van der Waals surface area contributed by atoms with E-state index in [4.69, 9.17) is 0 Å². The predicted octanol–water partition coefficient (Wildman–Crippen LogP) is 3.13. The molecule has 136 valence electrons. The SMILES string of the molecule is COC(=O)c1ccccc1NC(=O)/C(C#N)=C\Nc1cccc(C(C)=O)c1. The van der Waals surface area contributed by atoms with Crippen LogP contribution in [0.4, 0.5) is 11.4 Å². The molecule has 27 heavy (non-hydrogen) atoms. The van der Waals surface area contributed by atoms with E-state index in [0.717, 1.165) is 0 Å². The number of hydrogen-bond donors (Lipinski definition) is 2. The van der Waals surface area contributed by atoms with E-state index in [1.807, 2.05) is 0 Å². The molecule has 0 heterocycles. The fourth-order valence-corrected chi connectivity index (χ4v) is 2.20. The van der Waals surface area contributed by atoms with Gasteiger partial charge in [0.05, 0.1) is 18.4 Å². The molecule has 0 aromatic heterocycles. The number of amides is 1. The molecule has 0 aliphatic carbocycles. The number of nitrogens with one attached hydrogen (secondary N) is 2. The van der Waals surface area contributed by atoms with Gasteiger partial charge in [-0.05, 0) is 31.2 Å². The summed E-state index contributed by atoms with van der Waals surface area (Å²) in [6.07, 6.45) is 1.23. The van der Waals surface area contributed by atoms with E-state index in [9.17, 15) is 19.6 Å². The van der Waals surface area contributed by atoms with Gasteiger partial charge in [-0.3, -0.25) is 9.59 Å². The molecule has 0 bridgehead atoms. The molecule has 2 rings (SSSR count). The fourth-order valence-electron chi connectivity index (χ4n) is 2.20. The highest BCUT2D eigenvalue weighted by Gasteiger charge is 2.15. The number of methoxy groups -OCH3 is 1. The van der Waals surface area contributed by atoms with Crippen LogP contribution in [0.5, 0.6) is 0 Å². The molecule has 0 radical (unpaired) electrons. The lowest BCUT2D eigenvalue weighted by atomic mass is 10.1. The number of para-hydroxylation sites is 1. The zero-order chi connectivity index (χ0) is 19.8. The Morgan fingerprint density at radius 2 is 1.85 bits per heavy atom. The highest BCUT2D eigenvalue weighted by Crippen LogP contribution is 2.17. The Hall–Kier alpha value is -3.92. The summed E-state index contributed by atoms with van der Waals surface area (Å²) in [6.45, 7) is 1.45. The van der Waals surface area contributed by atoms with Gasteiger partial charge in [-0.25, -0.2) is 4.79 Å². The number of nitriles is 1. The van der Waals surface area contributed by atoms with Crippen LogP contribution < -0.4 is 10.6 Å². The van der Waals surface area contributed by atoms with Crippen molar-refractivity contribution in [2.45, 2.75) is 6.92 Å². The first-order valence-corrected chi connectivity index (χ1v) is 7.92. The largest absolute Gasteiger partial charge is 0.465 e. The lowest BCUT2D eigenvalue weighted by Gasteiger charge is -2.09. The van der Waals surface area contributed by atoms with Gasteiger partial charge < -0.3 is 15.4 Å². The topological polar surface area (TPSA) is 108 Å². The van der Waals surface area contributed by atoms with Crippen molar-refractivity contribution in [2.75, 3.05) is 17.7 Å². The molecule has 0 unspecified atom stereocenters. The standard InChI is InChI=1S/C20H17N3O4/c1-13(24)14-6-5-7-16(10-14)22-12-15(11-21)19(25)23-18-9-4-3-8-17(18)20(26)27-2/h3-10,12,22H,1-2H3,(H,23,25)/b15-12-. The Morgan fingerprint density at radius 3 is 2.52 bits per heavy atom. The van der Waals surface area contributed by atoms with Crippen molar-refractivity contribution in [3.8, 4) is 6.07 Å². The summed E-state index contributed by atoms with van der Waals surface area (Å²) in [4.78, 5) is 35.5. The lowest BCUT2D eigenvalue weighted by Crippen LogP contribution is -2.17. The minimum Gasteiger partial charge on any atom is -0.465 e. The molecular formula is C20H17N3O4. The van der Waals surface area contributed by atoms with Crippen LogP contribution in [0.15, 0.2) is 60.3 Å². The molecule has 2 aromatic carbocycles. The van der Waals surface area contributed by atoms with Crippen LogP contribution in [0.3, 0.4) is 0 Å². The number of hydrogen-bond acceptors (Lipinski definition) is 6. The van der Waals surface area contributed by atoms with Crippen molar-refractivity contribution >= 4 is 29.0 Å². The van der Waals surface area contributed by atoms with Crippen LogP contribution in [0.25, 0.3) is 0 Å². The van der Waals surface area contributed by atoms with Gasteiger partial charge in [-0.2, -0.15) is 5.26 Å². The second-order valence-electron chi connectivity index (χ2n) is 5.44.